The number of nitrogens with one attached hydrogen (secondary N) is 1. The Bertz CT molecular complexity index is 930. The molecule has 0 unspecified atom stereocenters. The molecule has 1 aliphatic rings. The number of rotatable bonds is 7. The molecule has 2 heterocycles. The van der Waals surface area contributed by atoms with Crippen molar-refractivity contribution in [3.05, 3.63) is 64.1 Å². The lowest BCUT2D eigenvalue weighted by atomic mass is 10.0. The molecule has 1 aromatic heterocycles. The summed E-state index contributed by atoms with van der Waals surface area (Å²) in [5.41, 5.74) is 5.05. The summed E-state index contributed by atoms with van der Waals surface area (Å²) in [7, 11) is 1.68. The normalized spacial score (nSPS) is 15.2. The highest BCUT2D eigenvalue weighted by Crippen LogP contribution is 2.23. The van der Waals surface area contributed by atoms with Gasteiger partial charge < -0.3 is 9.30 Å². The van der Waals surface area contributed by atoms with Crippen molar-refractivity contribution in [1.82, 2.24) is 14.9 Å². The van der Waals surface area contributed by atoms with Crippen molar-refractivity contribution in [3.8, 4) is 5.75 Å². The van der Waals surface area contributed by atoms with Crippen molar-refractivity contribution in [3.63, 3.8) is 0 Å². The van der Waals surface area contributed by atoms with Gasteiger partial charge in [0.2, 0.25) is 0 Å². The molecule has 1 N–H and O–H groups in total. The van der Waals surface area contributed by atoms with E-state index in [0.717, 1.165) is 36.5 Å². The SMILES string of the molecule is COc1ccc(/C(C)=N\NC(=O)Cn2ccccc2=O)cc1CN1CCCCC1. The first-order valence-electron chi connectivity index (χ1n) is 9.95. The van der Waals surface area contributed by atoms with Crippen molar-refractivity contribution < 1.29 is 9.53 Å². The topological polar surface area (TPSA) is 75.9 Å². The highest BCUT2D eigenvalue weighted by Gasteiger charge is 2.14. The van der Waals surface area contributed by atoms with Gasteiger partial charge in [-0.15, -0.1) is 0 Å². The quantitative estimate of drug-likeness (QED) is 0.576. The van der Waals surface area contributed by atoms with Gasteiger partial charge in [0, 0.05) is 24.4 Å². The fourth-order valence-electron chi connectivity index (χ4n) is 3.48. The predicted octanol–water partition coefficient (Wildman–Crippen LogP) is 2.38. The maximum Gasteiger partial charge on any atom is 0.260 e. The Morgan fingerprint density at radius 1 is 1.17 bits per heavy atom. The van der Waals surface area contributed by atoms with E-state index in [1.54, 1.807) is 25.4 Å². The molecule has 1 amide bonds. The number of carbonyl (C=O) groups excluding carboxylic acids is 1. The van der Waals surface area contributed by atoms with Gasteiger partial charge >= 0.3 is 0 Å². The molecule has 7 heteroatoms. The number of benzene rings is 1. The summed E-state index contributed by atoms with van der Waals surface area (Å²) in [6.45, 7) is 4.83. The summed E-state index contributed by atoms with van der Waals surface area (Å²) < 4.78 is 6.87. The van der Waals surface area contributed by atoms with Crippen LogP contribution in [0.5, 0.6) is 5.75 Å². The maximum atomic E-state index is 12.1. The number of aromatic nitrogens is 1. The lowest BCUT2D eigenvalue weighted by molar-refractivity contribution is -0.121. The number of piperidine rings is 1. The van der Waals surface area contributed by atoms with E-state index in [-0.39, 0.29) is 18.0 Å². The van der Waals surface area contributed by atoms with E-state index in [9.17, 15) is 9.59 Å². The molecule has 0 spiro atoms. The van der Waals surface area contributed by atoms with Crippen molar-refractivity contribution in [2.45, 2.75) is 39.3 Å². The number of carbonyl (C=O) groups is 1. The monoisotopic (exact) mass is 396 g/mol. The second-order valence-electron chi connectivity index (χ2n) is 7.26. The number of hydrazone groups is 1. The standard InChI is InChI=1S/C22H28N4O3/c1-17(23-24-21(27)16-26-13-7-4-8-22(26)28)18-9-10-20(29-2)19(14-18)15-25-11-5-3-6-12-25/h4,7-10,13-14H,3,5-6,11-12,15-16H2,1-2H3,(H,24,27)/b23-17-. The lowest BCUT2D eigenvalue weighted by Gasteiger charge is -2.27. The molecular weight excluding hydrogens is 368 g/mol. The highest BCUT2D eigenvalue weighted by atomic mass is 16.5. The summed E-state index contributed by atoms with van der Waals surface area (Å²) in [5.74, 6) is 0.513. The number of amides is 1. The first-order chi connectivity index (χ1) is 14.1. The summed E-state index contributed by atoms with van der Waals surface area (Å²) in [4.78, 5) is 26.3. The number of hydrogen-bond acceptors (Lipinski definition) is 5. The molecule has 1 aliphatic heterocycles. The number of hydrogen-bond donors (Lipinski definition) is 1. The number of pyridine rings is 1. The van der Waals surface area contributed by atoms with E-state index < -0.39 is 0 Å². The fourth-order valence-corrected chi connectivity index (χ4v) is 3.48. The Morgan fingerprint density at radius 3 is 2.69 bits per heavy atom. The number of likely N-dealkylation sites (tertiary alicyclic amines) is 1. The maximum absolute atomic E-state index is 12.1. The van der Waals surface area contributed by atoms with Gasteiger partial charge in [-0.1, -0.05) is 12.5 Å². The van der Waals surface area contributed by atoms with Crippen LogP contribution >= 0.6 is 0 Å². The van der Waals surface area contributed by atoms with Crippen LogP contribution in [-0.4, -0.2) is 41.3 Å². The Labute approximate surface area is 171 Å². The van der Waals surface area contributed by atoms with Gasteiger partial charge in [0.05, 0.1) is 12.8 Å². The molecule has 3 rings (SSSR count). The minimum atomic E-state index is -0.347. The van der Waals surface area contributed by atoms with E-state index in [4.69, 9.17) is 4.74 Å². The first-order valence-corrected chi connectivity index (χ1v) is 9.95. The van der Waals surface area contributed by atoms with Gasteiger partial charge in [0.25, 0.3) is 11.5 Å². The third-order valence-corrected chi connectivity index (χ3v) is 5.10. The smallest absolute Gasteiger partial charge is 0.260 e. The van der Waals surface area contributed by atoms with Gasteiger partial charge in [0.1, 0.15) is 12.3 Å². The van der Waals surface area contributed by atoms with Gasteiger partial charge in [0.15, 0.2) is 0 Å². The molecule has 0 aliphatic carbocycles. The van der Waals surface area contributed by atoms with Gasteiger partial charge in [-0.2, -0.15) is 5.10 Å². The first kappa shape index (κ1) is 20.8. The summed E-state index contributed by atoms with van der Waals surface area (Å²) >= 11 is 0. The molecule has 2 aromatic rings. The van der Waals surface area contributed by atoms with Crippen LogP contribution in [0.15, 0.2) is 52.5 Å². The fraction of sp³-hybridized carbons (Fsp3) is 0.409. The predicted molar refractivity (Wildman–Crippen MR) is 113 cm³/mol. The van der Waals surface area contributed by atoms with Gasteiger partial charge in [-0.25, -0.2) is 5.43 Å². The van der Waals surface area contributed by atoms with Crippen LogP contribution in [0.25, 0.3) is 0 Å². The number of ether oxygens (including phenoxy) is 1. The average molecular weight is 396 g/mol. The summed E-state index contributed by atoms with van der Waals surface area (Å²) in [6, 6.07) is 10.7. The molecule has 7 nitrogen and oxygen atoms in total. The van der Waals surface area contributed by atoms with Crippen LogP contribution < -0.4 is 15.7 Å². The molecule has 29 heavy (non-hydrogen) atoms. The number of nitrogens with zero attached hydrogens (tertiary/aromatic N) is 3. The van der Waals surface area contributed by atoms with Crippen LogP contribution in [0.1, 0.15) is 37.3 Å². The highest BCUT2D eigenvalue weighted by molar-refractivity contribution is 5.99. The largest absolute Gasteiger partial charge is 0.496 e. The Hall–Kier alpha value is -2.93. The van der Waals surface area contributed by atoms with E-state index in [1.165, 1.54) is 29.9 Å². The second-order valence-corrected chi connectivity index (χ2v) is 7.26. The minimum absolute atomic E-state index is 0.0702. The second kappa shape index (κ2) is 10.0. The Morgan fingerprint density at radius 2 is 1.97 bits per heavy atom. The molecule has 1 aromatic carbocycles. The van der Waals surface area contributed by atoms with E-state index in [0.29, 0.717) is 5.71 Å². The molecule has 0 saturated carbocycles. The van der Waals surface area contributed by atoms with Crippen molar-refractivity contribution in [1.29, 1.82) is 0 Å². The van der Waals surface area contributed by atoms with Crippen molar-refractivity contribution in [2.24, 2.45) is 5.10 Å². The van der Waals surface area contributed by atoms with Crippen molar-refractivity contribution >= 4 is 11.6 Å². The van der Waals surface area contributed by atoms with Crippen LogP contribution in [0.4, 0.5) is 0 Å². The van der Waals surface area contributed by atoms with Crippen LogP contribution in [-0.2, 0) is 17.9 Å². The minimum Gasteiger partial charge on any atom is -0.496 e. The average Bonchev–Trinajstić information content (AvgIpc) is 2.74. The van der Waals surface area contributed by atoms with Crippen molar-refractivity contribution in [2.75, 3.05) is 20.2 Å². The zero-order valence-electron chi connectivity index (χ0n) is 17.1. The molecule has 1 saturated heterocycles. The van der Waals surface area contributed by atoms with E-state index in [2.05, 4.69) is 21.5 Å². The van der Waals surface area contributed by atoms with E-state index in [1.807, 2.05) is 19.1 Å². The molecule has 0 radical (unpaired) electrons. The third-order valence-electron chi connectivity index (χ3n) is 5.10. The lowest BCUT2D eigenvalue weighted by Crippen LogP contribution is -2.29. The van der Waals surface area contributed by atoms with Crippen LogP contribution in [0.2, 0.25) is 0 Å². The van der Waals surface area contributed by atoms with E-state index >= 15 is 0 Å². The molecule has 0 atom stereocenters. The molecule has 1 fully saturated rings. The zero-order chi connectivity index (χ0) is 20.6. The third kappa shape index (κ3) is 5.77. The number of methoxy groups -OCH3 is 1. The van der Waals surface area contributed by atoms with Crippen LogP contribution in [0, 0.1) is 0 Å². The molecule has 0 bridgehead atoms. The summed E-state index contributed by atoms with van der Waals surface area (Å²) in [6.07, 6.45) is 5.35. The zero-order valence-corrected chi connectivity index (χ0v) is 17.1. The Kier molecular flexibility index (Phi) is 7.19. The van der Waals surface area contributed by atoms with Crippen LogP contribution in [0.3, 0.4) is 0 Å². The molecule has 154 valence electrons. The Balaban J connectivity index is 1.68. The van der Waals surface area contributed by atoms with Gasteiger partial charge in [-0.05, 0) is 62.7 Å². The summed E-state index contributed by atoms with van der Waals surface area (Å²) in [5, 5.41) is 4.21. The molecular formula is C22H28N4O3. The van der Waals surface area contributed by atoms with Gasteiger partial charge in [-0.3, -0.25) is 14.5 Å².